The minimum atomic E-state index is 0.610. The molecule has 0 atom stereocenters. The Morgan fingerprint density at radius 2 is 1.46 bits per heavy atom. The lowest BCUT2D eigenvalue weighted by molar-refractivity contribution is 0.320. The third kappa shape index (κ3) is 1.68. The summed E-state index contributed by atoms with van der Waals surface area (Å²) in [7, 11) is 0. The molecule has 4 aromatic rings. The summed E-state index contributed by atoms with van der Waals surface area (Å²) in [5.74, 6) is 0.821. The van der Waals surface area contributed by atoms with Crippen LogP contribution in [0.5, 0.6) is 0 Å². The maximum absolute atomic E-state index is 9.50. The number of H-pyrrole nitrogens is 1. The van der Waals surface area contributed by atoms with Crippen LogP contribution in [-0.4, -0.2) is 20.9 Å². The maximum atomic E-state index is 9.50. The summed E-state index contributed by atoms with van der Waals surface area (Å²) in [6.07, 6.45) is 0. The molecule has 0 saturated carbocycles. The van der Waals surface area contributed by atoms with E-state index in [0.29, 0.717) is 5.71 Å². The number of aromatic amines is 1. The minimum Gasteiger partial charge on any atom is -0.410 e. The van der Waals surface area contributed by atoms with Crippen molar-refractivity contribution < 1.29 is 5.21 Å². The molecule has 24 heavy (non-hydrogen) atoms. The summed E-state index contributed by atoms with van der Waals surface area (Å²) >= 11 is 0. The van der Waals surface area contributed by atoms with E-state index in [2.05, 4.69) is 16.2 Å². The zero-order chi connectivity index (χ0) is 16.1. The fourth-order valence-corrected chi connectivity index (χ4v) is 3.48. The molecule has 5 rings (SSSR count). The van der Waals surface area contributed by atoms with Crippen molar-refractivity contribution in [2.75, 3.05) is 0 Å². The number of rotatable bonds is 1. The Bertz CT molecular complexity index is 1090. The summed E-state index contributed by atoms with van der Waals surface area (Å²) in [5.41, 5.74) is 7.56. The summed E-state index contributed by atoms with van der Waals surface area (Å²) < 4.78 is 0. The molecule has 1 aliphatic rings. The first-order valence-electron chi connectivity index (χ1n) is 7.77. The van der Waals surface area contributed by atoms with Gasteiger partial charge in [-0.05, 0) is 17.7 Å². The number of fused-ring (bicyclic) bond motifs is 4. The van der Waals surface area contributed by atoms with Gasteiger partial charge in [-0.2, -0.15) is 0 Å². The van der Waals surface area contributed by atoms with Crippen molar-refractivity contribution in [1.29, 1.82) is 0 Å². The van der Waals surface area contributed by atoms with Gasteiger partial charge in [0, 0.05) is 22.3 Å². The molecule has 0 saturated heterocycles. The lowest BCUT2D eigenvalue weighted by Crippen LogP contribution is -1.97. The van der Waals surface area contributed by atoms with Crippen molar-refractivity contribution in [2.24, 2.45) is 5.16 Å². The van der Waals surface area contributed by atoms with Crippen LogP contribution >= 0.6 is 0 Å². The van der Waals surface area contributed by atoms with Crippen LogP contribution in [0.3, 0.4) is 0 Å². The molecule has 0 aliphatic heterocycles. The number of benzene rings is 3. The molecule has 114 valence electrons. The number of hydrogen-bond donors (Lipinski definition) is 2. The van der Waals surface area contributed by atoms with Gasteiger partial charge in [-0.15, -0.1) is 0 Å². The second kappa shape index (κ2) is 4.80. The van der Waals surface area contributed by atoms with Gasteiger partial charge in [0.2, 0.25) is 0 Å². The summed E-state index contributed by atoms with van der Waals surface area (Å²) in [6.45, 7) is 0. The van der Waals surface area contributed by atoms with E-state index in [1.807, 2.05) is 60.7 Å². The van der Waals surface area contributed by atoms with Crippen molar-refractivity contribution >= 4 is 16.7 Å². The summed E-state index contributed by atoms with van der Waals surface area (Å²) in [5, 5.41) is 13.0. The first-order valence-corrected chi connectivity index (χ1v) is 7.77. The van der Waals surface area contributed by atoms with Gasteiger partial charge in [0.1, 0.15) is 11.5 Å². The zero-order valence-electron chi connectivity index (χ0n) is 12.7. The third-order valence-electron chi connectivity index (χ3n) is 4.52. The lowest BCUT2D eigenvalue weighted by atomic mass is 9.99. The number of aromatic nitrogens is 2. The highest BCUT2D eigenvalue weighted by molar-refractivity contribution is 6.26. The van der Waals surface area contributed by atoms with E-state index in [1.54, 1.807) is 0 Å². The first-order chi connectivity index (χ1) is 11.9. The van der Waals surface area contributed by atoms with Crippen molar-refractivity contribution in [3.63, 3.8) is 0 Å². The number of hydrogen-bond acceptors (Lipinski definition) is 3. The molecule has 2 N–H and O–H groups in total. The number of para-hydroxylation sites is 2. The zero-order valence-corrected chi connectivity index (χ0v) is 12.7. The Morgan fingerprint density at radius 3 is 2.29 bits per heavy atom. The second-order valence-electron chi connectivity index (χ2n) is 5.82. The van der Waals surface area contributed by atoms with Crippen LogP contribution in [-0.2, 0) is 0 Å². The quantitative estimate of drug-likeness (QED) is 0.355. The number of imidazole rings is 1. The molecule has 1 aliphatic carbocycles. The maximum Gasteiger partial charge on any atom is 0.139 e. The van der Waals surface area contributed by atoms with Crippen molar-refractivity contribution in [1.82, 2.24) is 9.97 Å². The molecule has 0 spiro atoms. The average molecular weight is 311 g/mol. The fraction of sp³-hybridized carbons (Fsp3) is 0. The predicted octanol–water partition coefficient (Wildman–Crippen LogP) is 4.44. The number of nitrogens with one attached hydrogen (secondary N) is 1. The van der Waals surface area contributed by atoms with E-state index in [-0.39, 0.29) is 0 Å². The van der Waals surface area contributed by atoms with Gasteiger partial charge in [0.05, 0.1) is 11.0 Å². The Morgan fingerprint density at radius 1 is 0.750 bits per heavy atom. The summed E-state index contributed by atoms with van der Waals surface area (Å²) in [6, 6.07) is 22.0. The van der Waals surface area contributed by atoms with Crippen LogP contribution in [0.25, 0.3) is 33.5 Å². The Hall–Kier alpha value is -3.40. The van der Waals surface area contributed by atoms with Gasteiger partial charge in [0.15, 0.2) is 0 Å². The van der Waals surface area contributed by atoms with E-state index in [1.165, 1.54) is 0 Å². The first kappa shape index (κ1) is 13.1. The van der Waals surface area contributed by atoms with Crippen LogP contribution in [0.15, 0.2) is 71.9 Å². The molecule has 4 nitrogen and oxygen atoms in total. The Balaban J connectivity index is 1.84. The van der Waals surface area contributed by atoms with Crippen molar-refractivity contribution in [2.45, 2.75) is 0 Å². The highest BCUT2D eigenvalue weighted by Crippen LogP contribution is 2.42. The van der Waals surface area contributed by atoms with Gasteiger partial charge in [-0.25, -0.2) is 4.98 Å². The van der Waals surface area contributed by atoms with E-state index < -0.39 is 0 Å². The lowest BCUT2D eigenvalue weighted by Gasteiger charge is -2.06. The molecule has 1 aromatic heterocycles. The van der Waals surface area contributed by atoms with Crippen molar-refractivity contribution in [3.05, 3.63) is 77.9 Å². The molecule has 0 amide bonds. The summed E-state index contributed by atoms with van der Waals surface area (Å²) in [4.78, 5) is 8.12. The highest BCUT2D eigenvalue weighted by atomic mass is 16.4. The molecule has 3 aromatic carbocycles. The third-order valence-corrected chi connectivity index (χ3v) is 4.52. The molecular weight excluding hydrogens is 298 g/mol. The standard InChI is InChI=1S/C20H13N3O/c24-23-19-13-7-2-1-6-12(13)18-14(19)8-5-9-15(18)20-21-16-10-3-4-11-17(16)22-20/h1-11,24H,(H,21,22)/b23-19-. The monoisotopic (exact) mass is 311 g/mol. The van der Waals surface area contributed by atoms with Gasteiger partial charge in [-0.1, -0.05) is 59.8 Å². The SMILES string of the molecule is O/N=C1/c2ccccc2-c2c1cccc2-c1nc2ccccc2[nH]1. The Kier molecular flexibility index (Phi) is 2.61. The second-order valence-corrected chi connectivity index (χ2v) is 5.82. The molecule has 0 fully saturated rings. The van der Waals surface area contributed by atoms with Crippen LogP contribution < -0.4 is 0 Å². The minimum absolute atomic E-state index is 0.610. The van der Waals surface area contributed by atoms with E-state index in [9.17, 15) is 5.21 Å². The molecule has 1 heterocycles. The van der Waals surface area contributed by atoms with E-state index in [4.69, 9.17) is 4.98 Å². The van der Waals surface area contributed by atoms with Gasteiger partial charge >= 0.3 is 0 Å². The number of nitrogens with zero attached hydrogens (tertiary/aromatic N) is 2. The normalized spacial score (nSPS) is 14.1. The topological polar surface area (TPSA) is 61.3 Å². The van der Waals surface area contributed by atoms with Gasteiger partial charge in [-0.3, -0.25) is 0 Å². The smallest absolute Gasteiger partial charge is 0.139 e. The largest absolute Gasteiger partial charge is 0.410 e. The molecule has 0 bridgehead atoms. The number of oxime groups is 1. The van der Waals surface area contributed by atoms with Gasteiger partial charge in [0.25, 0.3) is 0 Å². The van der Waals surface area contributed by atoms with Gasteiger partial charge < -0.3 is 10.2 Å². The molecule has 4 heteroatoms. The average Bonchev–Trinajstić information content (AvgIpc) is 3.20. The van der Waals surface area contributed by atoms with E-state index in [0.717, 1.165) is 44.7 Å². The highest BCUT2D eigenvalue weighted by Gasteiger charge is 2.28. The fourth-order valence-electron chi connectivity index (χ4n) is 3.48. The Labute approximate surface area is 138 Å². The van der Waals surface area contributed by atoms with Crippen LogP contribution in [0.1, 0.15) is 11.1 Å². The molecule has 0 unspecified atom stereocenters. The van der Waals surface area contributed by atoms with Crippen molar-refractivity contribution in [3.8, 4) is 22.5 Å². The predicted molar refractivity (Wildman–Crippen MR) is 94.4 cm³/mol. The molecule has 0 radical (unpaired) electrons. The van der Waals surface area contributed by atoms with Crippen LogP contribution in [0, 0.1) is 0 Å². The van der Waals surface area contributed by atoms with Crippen LogP contribution in [0.2, 0.25) is 0 Å². The van der Waals surface area contributed by atoms with Crippen LogP contribution in [0.4, 0.5) is 0 Å². The molecular formula is C20H13N3O. The van der Waals surface area contributed by atoms with E-state index >= 15 is 0 Å².